The van der Waals surface area contributed by atoms with Gasteiger partial charge < -0.3 is 14.8 Å². The van der Waals surface area contributed by atoms with E-state index in [1.807, 2.05) is 0 Å². The molecule has 1 amide bonds. The van der Waals surface area contributed by atoms with E-state index in [9.17, 15) is 31.1 Å². The maximum atomic E-state index is 13.7. The summed E-state index contributed by atoms with van der Waals surface area (Å²) in [7, 11) is 0. The van der Waals surface area contributed by atoms with E-state index in [2.05, 4.69) is 9.47 Å². The summed E-state index contributed by atoms with van der Waals surface area (Å²) in [5.74, 6) is -3.57. The normalized spacial score (nSPS) is 11.8. The third-order valence-electron chi connectivity index (χ3n) is 2.67. The lowest BCUT2D eigenvalue weighted by Crippen LogP contribution is -2.39. The summed E-state index contributed by atoms with van der Waals surface area (Å²) in [5, 5.41) is 1.78. The van der Waals surface area contributed by atoms with Gasteiger partial charge in [0.05, 0.1) is 0 Å². The number of rotatable bonds is 5. The van der Waals surface area contributed by atoms with Gasteiger partial charge in [0.1, 0.15) is 17.3 Å². The van der Waals surface area contributed by atoms with E-state index in [1.165, 1.54) is 0 Å². The molecular formula is C15H9F6NO3. The Bertz CT molecular complexity index is 728. The molecule has 0 saturated carbocycles. The lowest BCUT2D eigenvalue weighted by Gasteiger charge is -2.17. The quantitative estimate of drug-likeness (QED) is 0.803. The van der Waals surface area contributed by atoms with Gasteiger partial charge >= 0.3 is 18.4 Å². The fraction of sp³-hybridized carbons (Fsp3) is 0.133. The van der Waals surface area contributed by atoms with Crippen molar-refractivity contribution < 1.29 is 40.6 Å². The number of hydrogen-bond donors (Lipinski definition) is 1. The number of carbonyl (C=O) groups excluding carboxylic acids is 1. The van der Waals surface area contributed by atoms with Crippen molar-refractivity contribution in [3.63, 3.8) is 0 Å². The Kier molecular flexibility index (Phi) is 5.10. The molecule has 0 fully saturated rings. The first-order valence-electron chi connectivity index (χ1n) is 6.55. The minimum absolute atomic E-state index is 0.207. The monoisotopic (exact) mass is 365 g/mol. The van der Waals surface area contributed by atoms with Crippen LogP contribution < -0.4 is 14.8 Å². The van der Waals surface area contributed by atoms with Crippen LogP contribution >= 0.6 is 0 Å². The number of hydrogen-bond acceptors (Lipinski definition) is 3. The molecule has 0 aromatic heterocycles. The van der Waals surface area contributed by atoms with Gasteiger partial charge in [0.15, 0.2) is 0 Å². The van der Waals surface area contributed by atoms with Crippen molar-refractivity contribution in [3.05, 3.63) is 54.3 Å². The molecule has 0 aliphatic carbocycles. The summed E-state index contributed by atoms with van der Waals surface area (Å²) < 4.78 is 83.9. The van der Waals surface area contributed by atoms with E-state index in [0.29, 0.717) is 0 Å². The Labute approximate surface area is 137 Å². The highest BCUT2D eigenvalue weighted by atomic mass is 19.4. The van der Waals surface area contributed by atoms with Gasteiger partial charge in [-0.1, -0.05) is 0 Å². The molecule has 10 heteroatoms. The molecule has 1 N–H and O–H groups in total. The predicted octanol–water partition coefficient (Wildman–Crippen LogP) is 4.33. The molecule has 0 unspecified atom stereocenters. The summed E-state index contributed by atoms with van der Waals surface area (Å²) in [6.07, 6.45) is -9.19. The van der Waals surface area contributed by atoms with Crippen LogP contribution in [-0.4, -0.2) is 18.4 Å². The molecule has 2 rings (SSSR count). The van der Waals surface area contributed by atoms with Crippen molar-refractivity contribution in [1.29, 1.82) is 0 Å². The zero-order valence-corrected chi connectivity index (χ0v) is 12.1. The predicted molar refractivity (Wildman–Crippen MR) is 73.7 cm³/mol. The number of nitrogens with one attached hydrogen (secondary N) is 1. The van der Waals surface area contributed by atoms with Gasteiger partial charge in [0.2, 0.25) is 0 Å². The minimum atomic E-state index is -4.90. The highest BCUT2D eigenvalue weighted by molar-refractivity contribution is 5.95. The van der Waals surface area contributed by atoms with Crippen LogP contribution in [0.1, 0.15) is 0 Å². The molecule has 0 aliphatic rings. The van der Waals surface area contributed by atoms with E-state index in [1.54, 1.807) is 5.32 Å². The summed E-state index contributed by atoms with van der Waals surface area (Å²) in [5.41, 5.74) is -0.207. The summed E-state index contributed by atoms with van der Waals surface area (Å²) in [6.45, 7) is 0. The summed E-state index contributed by atoms with van der Waals surface area (Å²) in [4.78, 5) is 11.5. The molecule has 0 radical (unpaired) electrons. The highest BCUT2D eigenvalue weighted by Gasteiger charge is 2.42. The Morgan fingerprint density at radius 2 is 1.28 bits per heavy atom. The number of ether oxygens (including phenoxy) is 2. The molecule has 2 aromatic rings. The van der Waals surface area contributed by atoms with Crippen molar-refractivity contribution in [1.82, 2.24) is 0 Å². The fourth-order valence-corrected chi connectivity index (χ4v) is 1.64. The second-order valence-electron chi connectivity index (χ2n) is 4.60. The fourth-order valence-electron chi connectivity index (χ4n) is 1.64. The molecular weight excluding hydrogens is 356 g/mol. The van der Waals surface area contributed by atoms with Crippen LogP contribution in [-0.2, 0) is 4.79 Å². The zero-order valence-electron chi connectivity index (χ0n) is 12.1. The zero-order chi connectivity index (χ0) is 18.7. The Morgan fingerprint density at radius 1 is 0.800 bits per heavy atom. The van der Waals surface area contributed by atoms with Crippen molar-refractivity contribution in [2.75, 3.05) is 5.32 Å². The van der Waals surface area contributed by atoms with Crippen molar-refractivity contribution in [2.24, 2.45) is 0 Å². The largest absolute Gasteiger partial charge is 0.573 e. The lowest BCUT2D eigenvalue weighted by atomic mass is 10.3. The standard InChI is InChI=1S/C15H9F6NO3/c16-9-1-5-11(6-2-9)24-14(17,18)13(23)22-10-3-7-12(8-4-10)25-15(19,20)21/h1-8H,(H,22,23). The third kappa shape index (κ3) is 5.59. The van der Waals surface area contributed by atoms with Gasteiger partial charge in [-0.3, -0.25) is 4.79 Å². The summed E-state index contributed by atoms with van der Waals surface area (Å²) >= 11 is 0. The molecule has 134 valence electrons. The van der Waals surface area contributed by atoms with Crippen LogP contribution in [0.25, 0.3) is 0 Å². The van der Waals surface area contributed by atoms with Crippen LogP contribution in [0.4, 0.5) is 32.0 Å². The molecule has 0 aliphatic heterocycles. The van der Waals surface area contributed by atoms with Crippen molar-refractivity contribution in [3.8, 4) is 11.5 Å². The van der Waals surface area contributed by atoms with Crippen LogP contribution in [0.15, 0.2) is 48.5 Å². The Morgan fingerprint density at radius 3 is 1.80 bits per heavy atom. The van der Waals surface area contributed by atoms with Crippen LogP contribution in [0.3, 0.4) is 0 Å². The molecule has 0 atom stereocenters. The molecule has 0 heterocycles. The van der Waals surface area contributed by atoms with E-state index >= 15 is 0 Å². The van der Waals surface area contributed by atoms with Gasteiger partial charge in [-0.15, -0.1) is 13.2 Å². The van der Waals surface area contributed by atoms with Gasteiger partial charge in [0, 0.05) is 5.69 Å². The molecule has 2 aromatic carbocycles. The average Bonchev–Trinajstić information content (AvgIpc) is 2.50. The van der Waals surface area contributed by atoms with E-state index in [-0.39, 0.29) is 5.69 Å². The molecule has 0 bridgehead atoms. The number of amides is 1. The second-order valence-corrected chi connectivity index (χ2v) is 4.60. The van der Waals surface area contributed by atoms with E-state index in [0.717, 1.165) is 48.5 Å². The van der Waals surface area contributed by atoms with Crippen molar-refractivity contribution in [2.45, 2.75) is 12.5 Å². The highest BCUT2D eigenvalue weighted by Crippen LogP contribution is 2.26. The summed E-state index contributed by atoms with van der Waals surface area (Å²) in [6, 6.07) is 7.08. The molecule has 4 nitrogen and oxygen atoms in total. The maximum Gasteiger partial charge on any atom is 0.573 e. The van der Waals surface area contributed by atoms with E-state index in [4.69, 9.17) is 0 Å². The van der Waals surface area contributed by atoms with Crippen LogP contribution in [0.5, 0.6) is 11.5 Å². The first-order valence-corrected chi connectivity index (χ1v) is 6.55. The minimum Gasteiger partial charge on any atom is -0.425 e. The lowest BCUT2D eigenvalue weighted by molar-refractivity contribution is -0.274. The van der Waals surface area contributed by atoms with Crippen molar-refractivity contribution >= 4 is 11.6 Å². The first kappa shape index (κ1) is 18.4. The molecule has 0 saturated heterocycles. The van der Waals surface area contributed by atoms with Crippen LogP contribution in [0, 0.1) is 5.82 Å². The number of anilines is 1. The van der Waals surface area contributed by atoms with Gasteiger partial charge in [-0.25, -0.2) is 4.39 Å². The Hall–Kier alpha value is -2.91. The smallest absolute Gasteiger partial charge is 0.425 e. The topological polar surface area (TPSA) is 47.6 Å². The Balaban J connectivity index is 2.01. The second kappa shape index (κ2) is 6.91. The number of carbonyl (C=O) groups is 1. The maximum absolute atomic E-state index is 13.7. The van der Waals surface area contributed by atoms with Gasteiger partial charge in [-0.2, -0.15) is 8.78 Å². The number of benzene rings is 2. The number of halogens is 6. The van der Waals surface area contributed by atoms with E-state index < -0.39 is 35.7 Å². The molecule has 0 spiro atoms. The van der Waals surface area contributed by atoms with Crippen LogP contribution in [0.2, 0.25) is 0 Å². The van der Waals surface area contributed by atoms with Gasteiger partial charge in [0.25, 0.3) is 0 Å². The SMILES string of the molecule is O=C(Nc1ccc(OC(F)(F)F)cc1)C(F)(F)Oc1ccc(F)cc1. The molecule has 25 heavy (non-hydrogen) atoms. The number of alkyl halides is 5. The third-order valence-corrected chi connectivity index (χ3v) is 2.67. The first-order chi connectivity index (χ1) is 11.5. The van der Waals surface area contributed by atoms with Gasteiger partial charge in [-0.05, 0) is 48.5 Å². The average molecular weight is 365 g/mol.